The first kappa shape index (κ1) is 8.36. The molecule has 2 rings (SSSR count). The van der Waals surface area contributed by atoms with Gasteiger partial charge in [-0.2, -0.15) is 0 Å². The molecule has 0 fully saturated rings. The van der Waals surface area contributed by atoms with Gasteiger partial charge in [-0.25, -0.2) is 0 Å². The molecule has 0 saturated heterocycles. The van der Waals surface area contributed by atoms with Crippen LogP contribution in [0.2, 0.25) is 0 Å². The Kier molecular flexibility index (Phi) is 2.03. The van der Waals surface area contributed by atoms with E-state index in [0.717, 1.165) is 18.5 Å². The number of fused-ring (bicyclic) bond motifs is 1. The predicted octanol–water partition coefficient (Wildman–Crippen LogP) is 2.42. The maximum atomic E-state index is 6.06. The summed E-state index contributed by atoms with van der Waals surface area (Å²) in [5.41, 5.74) is 2.22. The highest BCUT2D eigenvalue weighted by Crippen LogP contribution is 2.35. The van der Waals surface area contributed by atoms with Gasteiger partial charge in [0.15, 0.2) is 4.46 Å². The standard InChI is InChI=1S/C9H9Cl2N/c10-9(11)8-4-2-1-3-7(8)5-6-12-9/h1-4,12H,5-6H2. The first-order chi connectivity index (χ1) is 5.70. The molecule has 1 aliphatic heterocycles. The van der Waals surface area contributed by atoms with E-state index in [1.165, 1.54) is 5.56 Å². The summed E-state index contributed by atoms with van der Waals surface area (Å²) in [5.74, 6) is 0. The number of rotatable bonds is 0. The van der Waals surface area contributed by atoms with Crippen LogP contribution in [0, 0.1) is 0 Å². The molecule has 0 atom stereocenters. The number of halogens is 2. The van der Waals surface area contributed by atoms with Gasteiger partial charge < -0.3 is 0 Å². The van der Waals surface area contributed by atoms with Crippen molar-refractivity contribution in [1.82, 2.24) is 5.32 Å². The highest BCUT2D eigenvalue weighted by Gasteiger charge is 2.30. The van der Waals surface area contributed by atoms with Crippen molar-refractivity contribution in [2.24, 2.45) is 0 Å². The lowest BCUT2D eigenvalue weighted by atomic mass is 10.0. The zero-order valence-electron chi connectivity index (χ0n) is 6.48. The minimum absolute atomic E-state index is 0.837. The van der Waals surface area contributed by atoms with E-state index in [0.29, 0.717) is 0 Å². The van der Waals surface area contributed by atoms with Crippen LogP contribution < -0.4 is 5.32 Å². The molecule has 0 unspecified atom stereocenters. The molecular weight excluding hydrogens is 193 g/mol. The molecule has 12 heavy (non-hydrogen) atoms. The predicted molar refractivity (Wildman–Crippen MR) is 51.5 cm³/mol. The first-order valence-electron chi connectivity index (χ1n) is 3.91. The molecule has 0 aromatic heterocycles. The SMILES string of the molecule is ClC1(Cl)NCCc2ccccc21. The summed E-state index contributed by atoms with van der Waals surface area (Å²) < 4.78 is -0.894. The van der Waals surface area contributed by atoms with Gasteiger partial charge in [0.2, 0.25) is 0 Å². The lowest BCUT2D eigenvalue weighted by Gasteiger charge is -2.29. The zero-order valence-corrected chi connectivity index (χ0v) is 7.99. The van der Waals surface area contributed by atoms with Gasteiger partial charge in [0.1, 0.15) is 0 Å². The van der Waals surface area contributed by atoms with Gasteiger partial charge in [0, 0.05) is 12.1 Å². The molecular formula is C9H9Cl2N. The third-order valence-electron chi connectivity index (χ3n) is 2.10. The van der Waals surface area contributed by atoms with Crippen LogP contribution in [0.1, 0.15) is 11.1 Å². The van der Waals surface area contributed by atoms with Crippen molar-refractivity contribution in [3.05, 3.63) is 35.4 Å². The summed E-state index contributed by atoms with van der Waals surface area (Å²) in [5, 5.41) is 3.05. The van der Waals surface area contributed by atoms with Crippen LogP contribution in [0.3, 0.4) is 0 Å². The number of nitrogens with one attached hydrogen (secondary N) is 1. The van der Waals surface area contributed by atoms with Gasteiger partial charge in [-0.3, -0.25) is 5.32 Å². The summed E-state index contributed by atoms with van der Waals surface area (Å²) in [6, 6.07) is 7.98. The van der Waals surface area contributed by atoms with E-state index >= 15 is 0 Å². The molecule has 0 saturated carbocycles. The lowest BCUT2D eigenvalue weighted by molar-refractivity contribution is 0.576. The topological polar surface area (TPSA) is 12.0 Å². The smallest absolute Gasteiger partial charge is 0.195 e. The second kappa shape index (κ2) is 2.91. The molecule has 1 N–H and O–H groups in total. The fourth-order valence-corrected chi connectivity index (χ4v) is 2.05. The Labute approximate surface area is 81.7 Å². The first-order valence-corrected chi connectivity index (χ1v) is 4.67. The van der Waals surface area contributed by atoms with Crippen LogP contribution >= 0.6 is 23.2 Å². The fraction of sp³-hybridized carbons (Fsp3) is 0.333. The van der Waals surface area contributed by atoms with Crippen LogP contribution in [-0.2, 0) is 10.9 Å². The Morgan fingerprint density at radius 2 is 2.00 bits per heavy atom. The number of alkyl halides is 2. The van der Waals surface area contributed by atoms with Crippen molar-refractivity contribution >= 4 is 23.2 Å². The van der Waals surface area contributed by atoms with Gasteiger partial charge in [0.25, 0.3) is 0 Å². The van der Waals surface area contributed by atoms with Crippen LogP contribution in [0.15, 0.2) is 24.3 Å². The largest absolute Gasteiger partial charge is 0.282 e. The molecule has 64 valence electrons. The van der Waals surface area contributed by atoms with E-state index < -0.39 is 4.46 Å². The number of benzene rings is 1. The van der Waals surface area contributed by atoms with Gasteiger partial charge in [-0.1, -0.05) is 47.5 Å². The maximum Gasteiger partial charge on any atom is 0.195 e. The summed E-state index contributed by atoms with van der Waals surface area (Å²) >= 11 is 12.1. The lowest BCUT2D eigenvalue weighted by Crippen LogP contribution is -2.38. The van der Waals surface area contributed by atoms with Crippen molar-refractivity contribution in [3.63, 3.8) is 0 Å². The molecule has 3 heteroatoms. The third kappa shape index (κ3) is 1.33. The summed E-state index contributed by atoms with van der Waals surface area (Å²) in [6.45, 7) is 0.837. The molecule has 0 aliphatic carbocycles. The molecule has 1 aromatic rings. The van der Waals surface area contributed by atoms with E-state index in [1.807, 2.05) is 18.2 Å². The Morgan fingerprint density at radius 1 is 1.25 bits per heavy atom. The van der Waals surface area contributed by atoms with Crippen molar-refractivity contribution in [1.29, 1.82) is 0 Å². The number of hydrogen-bond acceptors (Lipinski definition) is 1. The van der Waals surface area contributed by atoms with E-state index in [-0.39, 0.29) is 0 Å². The monoisotopic (exact) mass is 201 g/mol. The van der Waals surface area contributed by atoms with E-state index in [9.17, 15) is 0 Å². The molecule has 0 radical (unpaired) electrons. The Bertz CT molecular complexity index is 296. The minimum atomic E-state index is -0.894. The van der Waals surface area contributed by atoms with Gasteiger partial charge >= 0.3 is 0 Å². The Hall–Kier alpha value is -0.240. The average Bonchev–Trinajstić information content (AvgIpc) is 2.04. The average molecular weight is 202 g/mol. The van der Waals surface area contributed by atoms with Gasteiger partial charge in [-0.05, 0) is 12.0 Å². The van der Waals surface area contributed by atoms with Gasteiger partial charge in [0.05, 0.1) is 0 Å². The molecule has 1 nitrogen and oxygen atoms in total. The summed E-state index contributed by atoms with van der Waals surface area (Å²) in [7, 11) is 0. The normalized spacial score (nSPS) is 20.2. The highest BCUT2D eigenvalue weighted by molar-refractivity contribution is 6.47. The van der Waals surface area contributed by atoms with Crippen LogP contribution in [0.25, 0.3) is 0 Å². The van der Waals surface area contributed by atoms with E-state index in [4.69, 9.17) is 23.2 Å². The van der Waals surface area contributed by atoms with E-state index in [2.05, 4.69) is 11.4 Å². The quantitative estimate of drug-likeness (QED) is 0.503. The number of hydrogen-bond donors (Lipinski definition) is 1. The fourth-order valence-electron chi connectivity index (χ4n) is 1.49. The van der Waals surface area contributed by atoms with Gasteiger partial charge in [-0.15, -0.1) is 0 Å². The van der Waals surface area contributed by atoms with Crippen LogP contribution in [0.4, 0.5) is 0 Å². The highest BCUT2D eigenvalue weighted by atomic mass is 35.5. The van der Waals surface area contributed by atoms with Crippen molar-refractivity contribution in [2.45, 2.75) is 10.9 Å². The Balaban J connectivity index is 2.52. The van der Waals surface area contributed by atoms with Crippen molar-refractivity contribution in [3.8, 4) is 0 Å². The van der Waals surface area contributed by atoms with E-state index in [1.54, 1.807) is 0 Å². The second-order valence-corrected chi connectivity index (χ2v) is 4.24. The molecule has 1 aliphatic rings. The third-order valence-corrected chi connectivity index (χ3v) is 2.77. The molecule has 0 amide bonds. The Morgan fingerprint density at radius 3 is 2.75 bits per heavy atom. The molecule has 1 heterocycles. The van der Waals surface area contributed by atoms with Crippen molar-refractivity contribution in [2.75, 3.05) is 6.54 Å². The summed E-state index contributed by atoms with van der Waals surface area (Å²) in [6.07, 6.45) is 0.997. The van der Waals surface area contributed by atoms with Crippen LogP contribution in [-0.4, -0.2) is 6.54 Å². The molecule has 0 bridgehead atoms. The maximum absolute atomic E-state index is 6.06. The van der Waals surface area contributed by atoms with Crippen molar-refractivity contribution < 1.29 is 0 Å². The minimum Gasteiger partial charge on any atom is -0.282 e. The molecule has 0 spiro atoms. The zero-order chi connectivity index (χ0) is 8.60. The second-order valence-electron chi connectivity index (χ2n) is 2.91. The van der Waals surface area contributed by atoms with Crippen LogP contribution in [0.5, 0.6) is 0 Å². The molecule has 1 aromatic carbocycles. The summed E-state index contributed by atoms with van der Waals surface area (Å²) in [4.78, 5) is 0.